The highest BCUT2D eigenvalue weighted by molar-refractivity contribution is 6.02. The molecule has 0 aliphatic carbocycles. The van der Waals surface area contributed by atoms with Crippen LogP contribution in [0.4, 0.5) is 0 Å². The first-order valence-electron chi connectivity index (χ1n) is 6.47. The molecule has 0 aliphatic heterocycles. The summed E-state index contributed by atoms with van der Waals surface area (Å²) in [6.07, 6.45) is 0.286. The number of ether oxygens (including phenoxy) is 2. The van der Waals surface area contributed by atoms with E-state index in [1.54, 1.807) is 52.1 Å². The topological polar surface area (TPSA) is 68.1 Å². The van der Waals surface area contributed by atoms with Crippen LogP contribution >= 0.6 is 0 Å². The zero-order valence-electron chi connectivity index (χ0n) is 12.3. The van der Waals surface area contributed by atoms with Crippen LogP contribution in [-0.2, 0) is 9.53 Å². The predicted molar refractivity (Wildman–Crippen MR) is 76.3 cm³/mol. The van der Waals surface area contributed by atoms with Gasteiger partial charge in [-0.05, 0) is 50.6 Å². The van der Waals surface area contributed by atoms with Crippen molar-refractivity contribution in [3.8, 4) is 5.75 Å². The van der Waals surface area contributed by atoms with Crippen molar-refractivity contribution in [1.82, 2.24) is 0 Å². The van der Waals surface area contributed by atoms with E-state index >= 15 is 0 Å². The number of carbonyl (C=O) groups excluding carboxylic acids is 1. The van der Waals surface area contributed by atoms with E-state index < -0.39 is 5.41 Å². The molecule has 1 aromatic carbocycles. The summed E-state index contributed by atoms with van der Waals surface area (Å²) >= 11 is 0. The third-order valence-electron chi connectivity index (χ3n) is 2.98. The highest BCUT2D eigenvalue weighted by atomic mass is 16.5. The first-order chi connectivity index (χ1) is 9.44. The zero-order chi connectivity index (χ0) is 15.2. The average Bonchev–Trinajstić information content (AvgIpc) is 2.45. The predicted octanol–water partition coefficient (Wildman–Crippen LogP) is 2.85. The zero-order valence-corrected chi connectivity index (χ0v) is 12.3. The van der Waals surface area contributed by atoms with Gasteiger partial charge in [0.25, 0.3) is 0 Å². The molecule has 0 saturated heterocycles. The summed E-state index contributed by atoms with van der Waals surface area (Å²) in [4.78, 5) is 11.9. The largest absolute Gasteiger partial charge is 0.497 e. The lowest BCUT2D eigenvalue weighted by atomic mass is 9.85. The molecule has 110 valence electrons. The molecule has 0 aromatic heterocycles. The summed E-state index contributed by atoms with van der Waals surface area (Å²) < 4.78 is 10.1. The number of oxime groups is 1. The molecule has 0 unspecified atom stereocenters. The molecule has 20 heavy (non-hydrogen) atoms. The Morgan fingerprint density at radius 3 is 2.35 bits per heavy atom. The average molecular weight is 279 g/mol. The molecular formula is C15H21NO4. The molecule has 5 nitrogen and oxygen atoms in total. The summed E-state index contributed by atoms with van der Waals surface area (Å²) in [6.45, 7) is 5.62. The number of esters is 1. The third kappa shape index (κ3) is 3.98. The summed E-state index contributed by atoms with van der Waals surface area (Å²) in [7, 11) is 1.58. The minimum Gasteiger partial charge on any atom is -0.497 e. The number of carbonyl (C=O) groups is 1. The maximum absolute atomic E-state index is 11.9. The first kappa shape index (κ1) is 16.0. The van der Waals surface area contributed by atoms with E-state index in [1.165, 1.54) is 0 Å². The van der Waals surface area contributed by atoms with Crippen LogP contribution < -0.4 is 4.74 Å². The van der Waals surface area contributed by atoms with E-state index in [9.17, 15) is 10.0 Å². The van der Waals surface area contributed by atoms with Gasteiger partial charge < -0.3 is 14.7 Å². The molecule has 0 radical (unpaired) electrons. The number of benzene rings is 1. The molecule has 0 saturated carbocycles. The van der Waals surface area contributed by atoms with Gasteiger partial charge in [0, 0.05) is 6.42 Å². The van der Waals surface area contributed by atoms with Crippen LogP contribution in [0.2, 0.25) is 0 Å². The Balaban J connectivity index is 2.89. The fraction of sp³-hybridized carbons (Fsp3) is 0.467. The Labute approximate surface area is 119 Å². The van der Waals surface area contributed by atoms with E-state index in [2.05, 4.69) is 5.16 Å². The van der Waals surface area contributed by atoms with Crippen molar-refractivity contribution >= 4 is 11.7 Å². The van der Waals surface area contributed by atoms with Crippen molar-refractivity contribution in [2.45, 2.75) is 27.2 Å². The lowest BCUT2D eigenvalue weighted by Gasteiger charge is -2.22. The minimum absolute atomic E-state index is 0.286. The maximum atomic E-state index is 11.9. The molecule has 0 bridgehead atoms. The van der Waals surface area contributed by atoms with Gasteiger partial charge in [0.05, 0.1) is 24.8 Å². The molecular weight excluding hydrogens is 258 g/mol. The van der Waals surface area contributed by atoms with Gasteiger partial charge in [-0.25, -0.2) is 0 Å². The Kier molecular flexibility index (Phi) is 5.55. The van der Waals surface area contributed by atoms with Crippen LogP contribution in [0, 0.1) is 5.41 Å². The van der Waals surface area contributed by atoms with Crippen LogP contribution in [0.1, 0.15) is 32.8 Å². The molecule has 5 heteroatoms. The second-order valence-corrected chi connectivity index (χ2v) is 5.06. The highest BCUT2D eigenvalue weighted by Crippen LogP contribution is 2.26. The third-order valence-corrected chi connectivity index (χ3v) is 2.98. The molecule has 1 rings (SSSR count). The van der Waals surface area contributed by atoms with Gasteiger partial charge in [-0.1, -0.05) is 5.16 Å². The van der Waals surface area contributed by atoms with Crippen molar-refractivity contribution in [2.24, 2.45) is 10.6 Å². The second kappa shape index (κ2) is 6.93. The minimum atomic E-state index is -0.752. The van der Waals surface area contributed by atoms with E-state index in [4.69, 9.17) is 9.47 Å². The standard InChI is InChI=1S/C15H21NO4/c1-5-20-14(17)15(2,3)10-13(16-18)11-6-8-12(19-4)9-7-11/h6-9,18H,5,10H2,1-4H3/b16-13-. The van der Waals surface area contributed by atoms with Gasteiger partial charge in [0.1, 0.15) is 5.75 Å². The van der Waals surface area contributed by atoms with Crippen LogP contribution in [-0.4, -0.2) is 30.6 Å². The molecule has 0 atom stereocenters. The van der Waals surface area contributed by atoms with Crippen molar-refractivity contribution in [3.05, 3.63) is 29.8 Å². The van der Waals surface area contributed by atoms with E-state index in [0.717, 1.165) is 11.3 Å². The normalized spacial score (nSPS) is 12.1. The van der Waals surface area contributed by atoms with Gasteiger partial charge in [0.15, 0.2) is 0 Å². The first-order valence-corrected chi connectivity index (χ1v) is 6.47. The molecule has 0 heterocycles. The number of hydrogen-bond acceptors (Lipinski definition) is 5. The van der Waals surface area contributed by atoms with Gasteiger partial charge in [-0.15, -0.1) is 0 Å². The Hall–Kier alpha value is -2.04. The molecule has 0 fully saturated rings. The number of hydrogen-bond donors (Lipinski definition) is 1. The SMILES string of the molecule is CCOC(=O)C(C)(C)C/C(=N/O)c1ccc(OC)cc1. The van der Waals surface area contributed by atoms with Crippen molar-refractivity contribution in [3.63, 3.8) is 0 Å². The number of methoxy groups -OCH3 is 1. The van der Waals surface area contributed by atoms with Crippen LogP contribution in [0.3, 0.4) is 0 Å². The van der Waals surface area contributed by atoms with Gasteiger partial charge in [-0.2, -0.15) is 0 Å². The molecule has 1 aromatic rings. The summed E-state index contributed by atoms with van der Waals surface area (Å²) in [5.41, 5.74) is 0.425. The van der Waals surface area contributed by atoms with E-state index in [1.807, 2.05) is 0 Å². The van der Waals surface area contributed by atoms with Gasteiger partial charge >= 0.3 is 5.97 Å². The van der Waals surface area contributed by atoms with Crippen molar-refractivity contribution in [1.29, 1.82) is 0 Å². The maximum Gasteiger partial charge on any atom is 0.311 e. The summed E-state index contributed by atoms with van der Waals surface area (Å²) in [5.74, 6) is 0.408. The van der Waals surface area contributed by atoms with Crippen molar-refractivity contribution < 1.29 is 19.5 Å². The monoisotopic (exact) mass is 279 g/mol. The smallest absolute Gasteiger partial charge is 0.311 e. The fourth-order valence-electron chi connectivity index (χ4n) is 1.80. The fourth-order valence-corrected chi connectivity index (χ4v) is 1.80. The van der Waals surface area contributed by atoms with Crippen LogP contribution in [0.15, 0.2) is 29.4 Å². The lowest BCUT2D eigenvalue weighted by molar-refractivity contribution is -0.152. The summed E-state index contributed by atoms with van der Waals surface area (Å²) in [6, 6.07) is 7.12. The molecule has 1 N–H and O–H groups in total. The molecule has 0 amide bonds. The van der Waals surface area contributed by atoms with Gasteiger partial charge in [0.2, 0.25) is 0 Å². The Morgan fingerprint density at radius 2 is 1.90 bits per heavy atom. The summed E-state index contributed by atoms with van der Waals surface area (Å²) in [5, 5.41) is 12.5. The Bertz CT molecular complexity index is 477. The molecule has 0 spiro atoms. The van der Waals surface area contributed by atoms with Crippen LogP contribution in [0.5, 0.6) is 5.75 Å². The highest BCUT2D eigenvalue weighted by Gasteiger charge is 2.31. The van der Waals surface area contributed by atoms with E-state index in [0.29, 0.717) is 12.3 Å². The second-order valence-electron chi connectivity index (χ2n) is 5.06. The quantitative estimate of drug-likeness (QED) is 0.376. The number of rotatable bonds is 6. The Morgan fingerprint density at radius 1 is 1.30 bits per heavy atom. The van der Waals surface area contributed by atoms with E-state index in [-0.39, 0.29) is 12.4 Å². The van der Waals surface area contributed by atoms with Crippen molar-refractivity contribution in [2.75, 3.05) is 13.7 Å². The number of nitrogens with zero attached hydrogens (tertiary/aromatic N) is 1. The van der Waals surface area contributed by atoms with Crippen LogP contribution in [0.25, 0.3) is 0 Å². The lowest BCUT2D eigenvalue weighted by Crippen LogP contribution is -2.29. The van der Waals surface area contributed by atoms with Gasteiger partial charge in [-0.3, -0.25) is 4.79 Å². The molecule has 0 aliphatic rings.